The van der Waals surface area contributed by atoms with Crippen molar-refractivity contribution in [3.05, 3.63) is 58.1 Å². The molecular formula is C16H15BrN2. The van der Waals surface area contributed by atoms with Gasteiger partial charge in [0.15, 0.2) is 0 Å². The summed E-state index contributed by atoms with van der Waals surface area (Å²) in [5.74, 6) is 0. The first kappa shape index (κ1) is 13.6. The molecule has 0 atom stereocenters. The Morgan fingerprint density at radius 3 is 2.53 bits per heavy atom. The van der Waals surface area contributed by atoms with Crippen molar-refractivity contribution in [3.63, 3.8) is 0 Å². The summed E-state index contributed by atoms with van der Waals surface area (Å²) in [5.41, 5.74) is 3.97. The van der Waals surface area contributed by atoms with E-state index in [9.17, 15) is 5.26 Å². The number of benzene rings is 2. The highest BCUT2D eigenvalue weighted by molar-refractivity contribution is 9.10. The number of nitrogens with zero attached hydrogens (tertiary/aromatic N) is 2. The Labute approximate surface area is 122 Å². The number of anilines is 2. The second-order valence-corrected chi connectivity index (χ2v) is 5.22. The maximum Gasteiger partial charge on any atom is 0.101 e. The van der Waals surface area contributed by atoms with Crippen LogP contribution in [0.5, 0.6) is 0 Å². The Kier molecular flexibility index (Phi) is 4.24. The van der Waals surface area contributed by atoms with E-state index in [2.05, 4.69) is 52.9 Å². The van der Waals surface area contributed by atoms with E-state index in [1.54, 1.807) is 0 Å². The third-order valence-electron chi connectivity index (χ3n) is 3.09. The summed E-state index contributed by atoms with van der Waals surface area (Å²) >= 11 is 3.48. The fraction of sp³-hybridized carbons (Fsp3) is 0.188. The number of nitriles is 1. The van der Waals surface area contributed by atoms with Crippen molar-refractivity contribution >= 4 is 27.3 Å². The van der Waals surface area contributed by atoms with Gasteiger partial charge < -0.3 is 4.90 Å². The van der Waals surface area contributed by atoms with Crippen LogP contribution in [0, 0.1) is 18.3 Å². The highest BCUT2D eigenvalue weighted by Crippen LogP contribution is 2.32. The van der Waals surface area contributed by atoms with Crippen molar-refractivity contribution in [1.82, 2.24) is 0 Å². The van der Waals surface area contributed by atoms with E-state index in [4.69, 9.17) is 0 Å². The maximum atomic E-state index is 9.28. The van der Waals surface area contributed by atoms with Crippen molar-refractivity contribution < 1.29 is 0 Å². The largest absolute Gasteiger partial charge is 0.340 e. The standard InChI is InChI=1S/C16H15BrN2/c1-3-19(15-7-5-4-6-12(15)2)16-10-14(17)9-8-13(16)11-18/h4-10H,3H2,1-2H3. The van der Waals surface area contributed by atoms with Crippen LogP contribution in [-0.4, -0.2) is 6.54 Å². The summed E-state index contributed by atoms with van der Waals surface area (Å²) < 4.78 is 0.980. The minimum absolute atomic E-state index is 0.688. The summed E-state index contributed by atoms with van der Waals surface area (Å²) in [6, 6.07) is 16.2. The van der Waals surface area contributed by atoms with Crippen molar-refractivity contribution in [3.8, 4) is 6.07 Å². The Morgan fingerprint density at radius 2 is 1.89 bits per heavy atom. The molecule has 0 aliphatic heterocycles. The summed E-state index contributed by atoms with van der Waals surface area (Å²) in [4.78, 5) is 2.17. The minimum Gasteiger partial charge on any atom is -0.340 e. The van der Waals surface area contributed by atoms with E-state index in [-0.39, 0.29) is 0 Å². The molecule has 19 heavy (non-hydrogen) atoms. The Bertz CT molecular complexity index is 629. The number of para-hydroxylation sites is 1. The molecule has 2 rings (SSSR count). The van der Waals surface area contributed by atoms with E-state index in [1.165, 1.54) is 5.56 Å². The first-order chi connectivity index (χ1) is 9.17. The van der Waals surface area contributed by atoms with Crippen LogP contribution in [0.3, 0.4) is 0 Å². The predicted octanol–water partition coefficient (Wildman–Crippen LogP) is 4.79. The summed E-state index contributed by atoms with van der Waals surface area (Å²) in [6.45, 7) is 4.99. The molecule has 2 nitrogen and oxygen atoms in total. The number of aryl methyl sites for hydroxylation is 1. The molecule has 2 aromatic rings. The average Bonchev–Trinajstić information content (AvgIpc) is 2.42. The molecule has 2 aromatic carbocycles. The number of hydrogen-bond acceptors (Lipinski definition) is 2. The van der Waals surface area contributed by atoms with Gasteiger partial charge in [0.25, 0.3) is 0 Å². The second-order valence-electron chi connectivity index (χ2n) is 4.30. The summed E-state index contributed by atoms with van der Waals surface area (Å²) in [7, 11) is 0. The van der Waals surface area contributed by atoms with Gasteiger partial charge in [-0.3, -0.25) is 0 Å². The maximum absolute atomic E-state index is 9.28. The highest BCUT2D eigenvalue weighted by atomic mass is 79.9. The second kappa shape index (κ2) is 5.90. The molecule has 0 aliphatic carbocycles. The van der Waals surface area contributed by atoms with Gasteiger partial charge >= 0.3 is 0 Å². The SMILES string of the molecule is CCN(c1ccccc1C)c1cc(Br)ccc1C#N. The van der Waals surface area contributed by atoms with E-state index in [1.807, 2.05) is 30.3 Å². The van der Waals surface area contributed by atoms with Crippen molar-refractivity contribution in [2.24, 2.45) is 0 Å². The van der Waals surface area contributed by atoms with Crippen LogP contribution < -0.4 is 4.90 Å². The molecule has 0 radical (unpaired) electrons. The van der Waals surface area contributed by atoms with Crippen molar-refractivity contribution in [1.29, 1.82) is 5.26 Å². The number of hydrogen-bond donors (Lipinski definition) is 0. The first-order valence-corrected chi connectivity index (χ1v) is 6.99. The molecule has 0 N–H and O–H groups in total. The quantitative estimate of drug-likeness (QED) is 0.814. The molecule has 0 unspecified atom stereocenters. The van der Waals surface area contributed by atoms with Crippen LogP contribution in [-0.2, 0) is 0 Å². The van der Waals surface area contributed by atoms with Crippen LogP contribution >= 0.6 is 15.9 Å². The Balaban J connectivity index is 2.58. The van der Waals surface area contributed by atoms with Crippen molar-refractivity contribution in [2.45, 2.75) is 13.8 Å². The van der Waals surface area contributed by atoms with Gasteiger partial charge in [0.1, 0.15) is 6.07 Å². The zero-order valence-electron chi connectivity index (χ0n) is 11.0. The summed E-state index contributed by atoms with van der Waals surface area (Å²) in [6.07, 6.45) is 0. The zero-order valence-corrected chi connectivity index (χ0v) is 12.6. The minimum atomic E-state index is 0.688. The van der Waals surface area contributed by atoms with Gasteiger partial charge in [-0.2, -0.15) is 5.26 Å². The molecule has 0 saturated heterocycles. The van der Waals surface area contributed by atoms with Gasteiger partial charge in [-0.15, -0.1) is 0 Å². The van der Waals surface area contributed by atoms with Gasteiger partial charge in [0.05, 0.1) is 11.3 Å². The van der Waals surface area contributed by atoms with Gasteiger partial charge in [0.2, 0.25) is 0 Å². The third kappa shape index (κ3) is 2.80. The van der Waals surface area contributed by atoms with Gasteiger partial charge in [-0.1, -0.05) is 34.1 Å². The van der Waals surface area contributed by atoms with Crippen LogP contribution in [0.25, 0.3) is 0 Å². The highest BCUT2D eigenvalue weighted by Gasteiger charge is 2.13. The Hall–Kier alpha value is -1.79. The van der Waals surface area contributed by atoms with E-state index in [0.29, 0.717) is 5.56 Å². The molecular weight excluding hydrogens is 300 g/mol. The molecule has 0 aromatic heterocycles. The van der Waals surface area contributed by atoms with E-state index < -0.39 is 0 Å². The van der Waals surface area contributed by atoms with Gasteiger partial charge in [0, 0.05) is 16.7 Å². The van der Waals surface area contributed by atoms with E-state index >= 15 is 0 Å². The molecule has 0 spiro atoms. The van der Waals surface area contributed by atoms with E-state index in [0.717, 1.165) is 22.4 Å². The molecule has 0 amide bonds. The smallest absolute Gasteiger partial charge is 0.101 e. The van der Waals surface area contributed by atoms with Crippen LogP contribution in [0.1, 0.15) is 18.1 Å². The molecule has 0 fully saturated rings. The molecule has 0 saturated carbocycles. The molecule has 0 aliphatic rings. The van der Waals surface area contributed by atoms with Gasteiger partial charge in [-0.25, -0.2) is 0 Å². The lowest BCUT2D eigenvalue weighted by molar-refractivity contribution is 1.01. The molecule has 96 valence electrons. The fourth-order valence-electron chi connectivity index (χ4n) is 2.16. The first-order valence-electron chi connectivity index (χ1n) is 6.20. The Morgan fingerprint density at radius 1 is 1.16 bits per heavy atom. The zero-order chi connectivity index (χ0) is 13.8. The molecule has 0 bridgehead atoms. The molecule has 0 heterocycles. The van der Waals surface area contributed by atoms with Crippen LogP contribution in [0.4, 0.5) is 11.4 Å². The molecule has 3 heteroatoms. The predicted molar refractivity (Wildman–Crippen MR) is 82.7 cm³/mol. The monoisotopic (exact) mass is 314 g/mol. The lowest BCUT2D eigenvalue weighted by Crippen LogP contribution is -2.18. The summed E-state index contributed by atoms with van der Waals surface area (Å²) in [5, 5.41) is 9.28. The fourth-order valence-corrected chi connectivity index (χ4v) is 2.51. The average molecular weight is 315 g/mol. The normalized spacial score (nSPS) is 10.0. The number of halogens is 1. The third-order valence-corrected chi connectivity index (χ3v) is 3.59. The van der Waals surface area contributed by atoms with Crippen LogP contribution in [0.15, 0.2) is 46.9 Å². The lowest BCUT2D eigenvalue weighted by Gasteiger charge is -2.26. The van der Waals surface area contributed by atoms with Gasteiger partial charge in [-0.05, 0) is 43.7 Å². The van der Waals surface area contributed by atoms with Crippen molar-refractivity contribution in [2.75, 3.05) is 11.4 Å². The topological polar surface area (TPSA) is 27.0 Å². The lowest BCUT2D eigenvalue weighted by atomic mass is 10.1. The van der Waals surface area contributed by atoms with Crippen LogP contribution in [0.2, 0.25) is 0 Å². The number of rotatable bonds is 3.